The van der Waals surface area contributed by atoms with Crippen molar-refractivity contribution in [3.8, 4) is 5.75 Å². The lowest BCUT2D eigenvalue weighted by Gasteiger charge is -2.36. The van der Waals surface area contributed by atoms with Gasteiger partial charge in [0.2, 0.25) is 0 Å². The van der Waals surface area contributed by atoms with Crippen LogP contribution >= 0.6 is 0 Å². The molecule has 10 nitrogen and oxygen atoms in total. The zero-order chi connectivity index (χ0) is 25.7. The molecule has 0 saturated carbocycles. The highest BCUT2D eigenvalue weighted by Gasteiger charge is 2.49. The van der Waals surface area contributed by atoms with E-state index in [2.05, 4.69) is 5.10 Å². The number of benzene rings is 1. The van der Waals surface area contributed by atoms with Gasteiger partial charge in [0.25, 0.3) is 0 Å². The van der Waals surface area contributed by atoms with E-state index in [1.54, 1.807) is 22.9 Å². The Bertz CT molecular complexity index is 1190. The number of hydrogen-bond donors (Lipinski definition) is 0. The molecule has 1 aromatic heterocycles. The molecule has 11 heteroatoms. The summed E-state index contributed by atoms with van der Waals surface area (Å²) >= 11 is 0. The van der Waals surface area contributed by atoms with Gasteiger partial charge in [0.15, 0.2) is 0 Å². The Balaban J connectivity index is 1.63. The second kappa shape index (κ2) is 9.02. The number of hydrogen-bond acceptors (Lipinski definition) is 6. The molecule has 35 heavy (non-hydrogen) atoms. The van der Waals surface area contributed by atoms with Crippen LogP contribution in [0.3, 0.4) is 0 Å². The number of methoxy groups -OCH3 is 1. The van der Waals surface area contributed by atoms with E-state index < -0.39 is 21.9 Å². The van der Waals surface area contributed by atoms with Gasteiger partial charge in [-0.3, -0.25) is 9.58 Å². The lowest BCUT2D eigenvalue weighted by Crippen LogP contribution is -2.47. The molecule has 0 bridgehead atoms. The molecule has 1 aromatic carbocycles. The van der Waals surface area contributed by atoms with Gasteiger partial charge in [0.05, 0.1) is 49.9 Å². The number of anilines is 1. The van der Waals surface area contributed by atoms with Crippen molar-refractivity contribution in [2.75, 3.05) is 11.4 Å². The van der Waals surface area contributed by atoms with Crippen LogP contribution in [-0.2, 0) is 34.6 Å². The summed E-state index contributed by atoms with van der Waals surface area (Å²) in [5, 5.41) is 4.47. The summed E-state index contributed by atoms with van der Waals surface area (Å²) in [5.74, 6) is 0.719. The fourth-order valence-electron chi connectivity index (χ4n) is 4.59. The van der Waals surface area contributed by atoms with Crippen LogP contribution in [0.15, 0.2) is 30.5 Å². The molecule has 0 N–H and O–H groups in total. The summed E-state index contributed by atoms with van der Waals surface area (Å²) in [6, 6.07) is 6.67. The number of amides is 1. The predicted molar refractivity (Wildman–Crippen MR) is 132 cm³/mol. The first-order valence-electron chi connectivity index (χ1n) is 11.8. The summed E-state index contributed by atoms with van der Waals surface area (Å²) in [6.07, 6.45) is 1.17. The summed E-state index contributed by atoms with van der Waals surface area (Å²) in [6.45, 7) is 12.2. The molecule has 2 aliphatic rings. The molecular weight excluding hydrogens is 470 g/mol. The lowest BCUT2D eigenvalue weighted by atomic mass is 10.1. The van der Waals surface area contributed by atoms with Gasteiger partial charge in [-0.1, -0.05) is 12.1 Å². The number of nitrogens with zero attached hydrogens (tertiary/aromatic N) is 5. The van der Waals surface area contributed by atoms with Crippen molar-refractivity contribution in [1.29, 1.82) is 0 Å². The Labute approximate surface area is 207 Å². The van der Waals surface area contributed by atoms with E-state index in [9.17, 15) is 13.2 Å². The van der Waals surface area contributed by atoms with E-state index in [1.807, 2.05) is 65.8 Å². The molecule has 1 saturated heterocycles. The number of carbonyl (C=O) groups excluding carboxylic acids is 1. The number of rotatable bonds is 4. The van der Waals surface area contributed by atoms with E-state index in [0.717, 1.165) is 11.3 Å². The highest BCUT2D eigenvalue weighted by molar-refractivity contribution is 7.90. The second-order valence-electron chi connectivity index (χ2n) is 10.3. The first-order valence-corrected chi connectivity index (χ1v) is 13.2. The van der Waals surface area contributed by atoms with E-state index >= 15 is 0 Å². The normalized spacial score (nSPS) is 24.4. The Kier molecular flexibility index (Phi) is 6.52. The fourth-order valence-corrected chi connectivity index (χ4v) is 6.72. The molecule has 192 valence electrons. The smallest absolute Gasteiger partial charge is 0.410 e. The van der Waals surface area contributed by atoms with Crippen molar-refractivity contribution >= 4 is 22.0 Å². The van der Waals surface area contributed by atoms with Gasteiger partial charge >= 0.3 is 16.3 Å². The zero-order valence-electron chi connectivity index (χ0n) is 21.4. The Hall–Kier alpha value is -2.79. The minimum absolute atomic E-state index is 0.136. The van der Waals surface area contributed by atoms with Gasteiger partial charge in [-0.25, -0.2) is 9.10 Å². The van der Waals surface area contributed by atoms with Gasteiger partial charge in [0.1, 0.15) is 11.4 Å². The molecule has 3 heterocycles. The summed E-state index contributed by atoms with van der Waals surface area (Å²) in [5.41, 5.74) is 1.43. The predicted octanol–water partition coefficient (Wildman–Crippen LogP) is 3.37. The van der Waals surface area contributed by atoms with Crippen LogP contribution in [0.5, 0.6) is 5.75 Å². The second-order valence-corrected chi connectivity index (χ2v) is 12.1. The average Bonchev–Trinajstić information content (AvgIpc) is 3.23. The first kappa shape index (κ1) is 25.3. The van der Waals surface area contributed by atoms with Gasteiger partial charge in [-0.05, 0) is 59.2 Å². The number of aromatic nitrogens is 2. The SMILES string of the molecule is COc1ccc(CN2C(C)[C@H](C)N(c3cnn4c3CN(C(=O)OC(C)(C)C)[C@@H](C)C4)S2(=O)=O)cc1. The zero-order valence-corrected chi connectivity index (χ0v) is 22.2. The van der Waals surface area contributed by atoms with Crippen LogP contribution in [0.1, 0.15) is 52.8 Å². The third-order valence-electron chi connectivity index (χ3n) is 6.65. The monoisotopic (exact) mass is 505 g/mol. The Morgan fingerprint density at radius 1 is 1.11 bits per heavy atom. The summed E-state index contributed by atoms with van der Waals surface area (Å²) in [4.78, 5) is 14.5. The molecule has 3 atom stereocenters. The van der Waals surface area contributed by atoms with Crippen LogP contribution in [0.4, 0.5) is 10.5 Å². The van der Waals surface area contributed by atoms with Crippen LogP contribution in [-0.4, -0.2) is 64.3 Å². The van der Waals surface area contributed by atoms with Crippen molar-refractivity contribution < 1.29 is 22.7 Å². The Morgan fingerprint density at radius 2 is 1.77 bits per heavy atom. The van der Waals surface area contributed by atoms with E-state index in [0.29, 0.717) is 17.9 Å². The van der Waals surface area contributed by atoms with Crippen molar-refractivity contribution in [2.24, 2.45) is 0 Å². The fraction of sp³-hybridized carbons (Fsp3) is 0.583. The first-order chi connectivity index (χ1) is 16.3. The summed E-state index contributed by atoms with van der Waals surface area (Å²) in [7, 11) is -2.23. The van der Waals surface area contributed by atoms with Gasteiger partial charge in [-0.2, -0.15) is 17.8 Å². The van der Waals surface area contributed by atoms with E-state index in [4.69, 9.17) is 9.47 Å². The highest BCUT2D eigenvalue weighted by Crippen LogP contribution is 2.38. The van der Waals surface area contributed by atoms with Crippen LogP contribution < -0.4 is 9.04 Å². The largest absolute Gasteiger partial charge is 0.497 e. The number of ether oxygens (including phenoxy) is 2. The maximum Gasteiger partial charge on any atom is 0.410 e. The summed E-state index contributed by atoms with van der Waals surface area (Å²) < 4.78 is 43.1. The molecule has 0 aliphatic carbocycles. The standard InChI is InChI=1S/C24H35N5O5S/c1-16-13-27-22(15-26(16)23(30)34-24(4,5)6)21(12-25-27)29-18(3)17(2)28(35(29,31)32)14-19-8-10-20(33-7)11-9-19/h8-12,16-18H,13-15H2,1-7H3/t16-,17?,18-/m0/s1. The molecule has 1 fully saturated rings. The topological polar surface area (TPSA) is 97.2 Å². The van der Waals surface area contributed by atoms with Gasteiger partial charge < -0.3 is 9.47 Å². The van der Waals surface area contributed by atoms with Crippen LogP contribution in [0.2, 0.25) is 0 Å². The van der Waals surface area contributed by atoms with Gasteiger partial charge in [-0.15, -0.1) is 0 Å². The van der Waals surface area contributed by atoms with Crippen molar-refractivity contribution in [1.82, 2.24) is 19.0 Å². The average molecular weight is 506 g/mol. The van der Waals surface area contributed by atoms with Crippen LogP contribution in [0, 0.1) is 0 Å². The Morgan fingerprint density at radius 3 is 2.37 bits per heavy atom. The molecule has 4 rings (SSSR count). The lowest BCUT2D eigenvalue weighted by molar-refractivity contribution is 0.00913. The van der Waals surface area contributed by atoms with E-state index in [-0.39, 0.29) is 31.2 Å². The van der Waals surface area contributed by atoms with Gasteiger partial charge in [0, 0.05) is 12.6 Å². The molecule has 2 aromatic rings. The molecule has 2 aliphatic heterocycles. The van der Waals surface area contributed by atoms with Crippen LogP contribution in [0.25, 0.3) is 0 Å². The molecule has 1 unspecified atom stereocenters. The van der Waals surface area contributed by atoms with Crippen molar-refractivity contribution in [2.45, 2.75) is 84.9 Å². The maximum atomic E-state index is 13.8. The minimum Gasteiger partial charge on any atom is -0.497 e. The molecule has 1 amide bonds. The highest BCUT2D eigenvalue weighted by atomic mass is 32.2. The quantitative estimate of drug-likeness (QED) is 0.632. The van der Waals surface area contributed by atoms with E-state index in [1.165, 1.54) is 8.61 Å². The maximum absolute atomic E-state index is 13.8. The number of fused-ring (bicyclic) bond motifs is 1. The number of carbonyl (C=O) groups is 1. The van der Waals surface area contributed by atoms with Crippen molar-refractivity contribution in [3.05, 3.63) is 41.7 Å². The third-order valence-corrected chi connectivity index (χ3v) is 8.73. The minimum atomic E-state index is -3.83. The van der Waals surface area contributed by atoms with Crippen molar-refractivity contribution in [3.63, 3.8) is 0 Å². The molecule has 0 spiro atoms. The molecule has 0 radical (unpaired) electrons. The molecular formula is C24H35N5O5S. The third kappa shape index (κ3) is 4.71.